The van der Waals surface area contributed by atoms with Gasteiger partial charge >= 0.3 is 0 Å². The monoisotopic (exact) mass is 389 g/mol. The first-order valence-corrected chi connectivity index (χ1v) is 9.55. The van der Waals surface area contributed by atoms with Crippen LogP contribution in [0.3, 0.4) is 0 Å². The maximum Gasteiger partial charge on any atom is 0.271 e. The molecule has 0 aromatic heterocycles. The number of nitrogens with zero attached hydrogens (tertiary/aromatic N) is 1. The van der Waals surface area contributed by atoms with Gasteiger partial charge in [0.05, 0.1) is 15.5 Å². The van der Waals surface area contributed by atoms with Crippen molar-refractivity contribution in [3.63, 3.8) is 0 Å². The standard InChI is InChI=1S/C18H19N3O5S/c1-3-19-27(25,26)16-9-5-14(6-10-16)7-11-18(22)20-17-12-15(21(23)24)8-4-13(17)2/h4-12,19H,3H2,1-2H3,(H,20,22). The summed E-state index contributed by atoms with van der Waals surface area (Å²) in [7, 11) is -3.52. The van der Waals surface area contributed by atoms with Gasteiger partial charge in [-0.1, -0.05) is 25.1 Å². The van der Waals surface area contributed by atoms with E-state index in [2.05, 4.69) is 10.0 Å². The van der Waals surface area contributed by atoms with Crippen LogP contribution in [0.25, 0.3) is 6.08 Å². The minimum Gasteiger partial charge on any atom is -0.322 e. The van der Waals surface area contributed by atoms with E-state index in [0.29, 0.717) is 23.4 Å². The highest BCUT2D eigenvalue weighted by Gasteiger charge is 2.12. The Morgan fingerprint density at radius 3 is 2.44 bits per heavy atom. The zero-order valence-electron chi connectivity index (χ0n) is 14.8. The Labute approximate surface area is 157 Å². The molecule has 2 aromatic carbocycles. The van der Waals surface area contributed by atoms with Crippen molar-refractivity contribution in [1.82, 2.24) is 4.72 Å². The van der Waals surface area contributed by atoms with Gasteiger partial charge in [-0.15, -0.1) is 0 Å². The number of sulfonamides is 1. The number of non-ortho nitro benzene ring substituents is 1. The first-order valence-electron chi connectivity index (χ1n) is 8.07. The van der Waals surface area contributed by atoms with E-state index in [0.717, 1.165) is 0 Å². The lowest BCUT2D eigenvalue weighted by Crippen LogP contribution is -2.22. The molecule has 0 unspecified atom stereocenters. The van der Waals surface area contributed by atoms with Crippen LogP contribution in [0.2, 0.25) is 0 Å². The average Bonchev–Trinajstić information content (AvgIpc) is 2.62. The second kappa shape index (κ2) is 8.56. The fourth-order valence-corrected chi connectivity index (χ4v) is 3.28. The third kappa shape index (κ3) is 5.47. The lowest BCUT2D eigenvalue weighted by atomic mass is 10.1. The lowest BCUT2D eigenvalue weighted by molar-refractivity contribution is -0.384. The minimum atomic E-state index is -3.52. The molecule has 0 radical (unpaired) electrons. The largest absolute Gasteiger partial charge is 0.322 e. The van der Waals surface area contributed by atoms with Gasteiger partial charge < -0.3 is 5.32 Å². The van der Waals surface area contributed by atoms with Gasteiger partial charge in [-0.25, -0.2) is 13.1 Å². The second-order valence-corrected chi connectivity index (χ2v) is 7.42. The van der Waals surface area contributed by atoms with Crippen LogP contribution in [0.4, 0.5) is 11.4 Å². The van der Waals surface area contributed by atoms with Gasteiger partial charge in [-0.2, -0.15) is 0 Å². The number of anilines is 1. The Bertz CT molecular complexity index is 983. The molecule has 1 amide bonds. The topological polar surface area (TPSA) is 118 Å². The summed E-state index contributed by atoms with van der Waals surface area (Å²) < 4.78 is 26.2. The van der Waals surface area contributed by atoms with Crippen molar-refractivity contribution < 1.29 is 18.1 Å². The molecule has 0 saturated heterocycles. The molecule has 2 rings (SSSR count). The summed E-state index contributed by atoms with van der Waals surface area (Å²) in [6.07, 6.45) is 2.79. The van der Waals surface area contributed by atoms with Crippen LogP contribution in [0.5, 0.6) is 0 Å². The van der Waals surface area contributed by atoms with Crippen molar-refractivity contribution in [2.45, 2.75) is 18.7 Å². The second-order valence-electron chi connectivity index (χ2n) is 5.65. The predicted octanol–water partition coefficient (Wildman–Crippen LogP) is 2.85. The van der Waals surface area contributed by atoms with Crippen molar-refractivity contribution in [3.05, 3.63) is 69.8 Å². The summed E-state index contributed by atoms with van der Waals surface area (Å²) in [5.74, 6) is -0.456. The highest BCUT2D eigenvalue weighted by atomic mass is 32.2. The summed E-state index contributed by atoms with van der Waals surface area (Å²) in [6.45, 7) is 3.71. The van der Waals surface area contributed by atoms with Crippen LogP contribution >= 0.6 is 0 Å². The van der Waals surface area contributed by atoms with E-state index < -0.39 is 20.9 Å². The third-order valence-corrected chi connectivity index (χ3v) is 5.20. The van der Waals surface area contributed by atoms with Crippen molar-refractivity contribution in [2.75, 3.05) is 11.9 Å². The van der Waals surface area contributed by atoms with Gasteiger partial charge in [0.2, 0.25) is 15.9 Å². The Morgan fingerprint density at radius 2 is 1.85 bits per heavy atom. The number of nitrogens with one attached hydrogen (secondary N) is 2. The molecule has 0 saturated carbocycles. The van der Waals surface area contributed by atoms with E-state index >= 15 is 0 Å². The first kappa shape index (κ1) is 20.3. The Hall–Kier alpha value is -3.04. The van der Waals surface area contributed by atoms with E-state index in [9.17, 15) is 23.3 Å². The predicted molar refractivity (Wildman–Crippen MR) is 103 cm³/mol. The summed E-state index contributed by atoms with van der Waals surface area (Å²) in [5, 5.41) is 13.4. The number of aryl methyl sites for hydroxylation is 1. The molecule has 0 fully saturated rings. The van der Waals surface area contributed by atoms with Gasteiger partial charge in [0.25, 0.3) is 5.69 Å². The fourth-order valence-electron chi connectivity index (χ4n) is 2.24. The van der Waals surface area contributed by atoms with Crippen molar-refractivity contribution in [1.29, 1.82) is 0 Å². The maximum atomic E-state index is 12.1. The van der Waals surface area contributed by atoms with Gasteiger partial charge in [-0.3, -0.25) is 14.9 Å². The van der Waals surface area contributed by atoms with Crippen LogP contribution in [-0.4, -0.2) is 25.8 Å². The number of benzene rings is 2. The Balaban J connectivity index is 2.09. The molecular formula is C18H19N3O5S. The van der Waals surface area contributed by atoms with Gasteiger partial charge in [0, 0.05) is 24.8 Å². The molecule has 2 N–H and O–H groups in total. The molecule has 8 nitrogen and oxygen atoms in total. The lowest BCUT2D eigenvalue weighted by Gasteiger charge is -2.06. The smallest absolute Gasteiger partial charge is 0.271 e. The number of carbonyl (C=O) groups is 1. The molecular weight excluding hydrogens is 370 g/mol. The molecule has 142 valence electrons. The first-order chi connectivity index (χ1) is 12.7. The van der Waals surface area contributed by atoms with Gasteiger partial charge in [0.1, 0.15) is 0 Å². The van der Waals surface area contributed by atoms with Gasteiger partial charge in [-0.05, 0) is 36.3 Å². The molecule has 0 aliphatic rings. The normalized spacial score (nSPS) is 11.5. The van der Waals surface area contributed by atoms with Crippen LogP contribution in [0.15, 0.2) is 53.4 Å². The van der Waals surface area contributed by atoms with E-state index in [-0.39, 0.29) is 10.6 Å². The molecule has 2 aromatic rings. The van der Waals surface area contributed by atoms with Crippen LogP contribution in [0, 0.1) is 17.0 Å². The number of nitro groups is 1. The molecule has 0 spiro atoms. The summed E-state index contributed by atoms with van der Waals surface area (Å²) in [5.41, 5.74) is 1.57. The molecule has 0 heterocycles. The quantitative estimate of drug-likeness (QED) is 0.429. The van der Waals surface area contributed by atoms with E-state index in [4.69, 9.17) is 0 Å². The van der Waals surface area contributed by atoms with Gasteiger partial charge in [0.15, 0.2) is 0 Å². The number of amides is 1. The van der Waals surface area contributed by atoms with Crippen molar-refractivity contribution in [2.24, 2.45) is 0 Å². The van der Waals surface area contributed by atoms with Crippen LogP contribution < -0.4 is 10.0 Å². The van der Waals surface area contributed by atoms with Crippen LogP contribution in [-0.2, 0) is 14.8 Å². The van der Waals surface area contributed by atoms with Crippen molar-refractivity contribution >= 4 is 33.4 Å². The van der Waals surface area contributed by atoms with Crippen LogP contribution in [0.1, 0.15) is 18.1 Å². The fraction of sp³-hybridized carbons (Fsp3) is 0.167. The van der Waals surface area contributed by atoms with E-state index in [1.165, 1.54) is 36.4 Å². The number of carbonyl (C=O) groups excluding carboxylic acids is 1. The summed E-state index contributed by atoms with van der Waals surface area (Å²) >= 11 is 0. The third-order valence-electron chi connectivity index (χ3n) is 3.64. The molecule has 0 atom stereocenters. The SMILES string of the molecule is CCNS(=O)(=O)c1ccc(C=CC(=O)Nc2cc([N+](=O)[O-])ccc2C)cc1. The Morgan fingerprint density at radius 1 is 1.19 bits per heavy atom. The molecule has 9 heteroatoms. The van der Waals surface area contributed by atoms with Crippen molar-refractivity contribution in [3.8, 4) is 0 Å². The average molecular weight is 389 g/mol. The molecule has 0 aliphatic carbocycles. The Kier molecular flexibility index (Phi) is 6.43. The van der Waals surface area contributed by atoms with E-state index in [1.54, 1.807) is 32.0 Å². The number of hydrogen-bond acceptors (Lipinski definition) is 5. The number of hydrogen-bond donors (Lipinski definition) is 2. The molecule has 0 aliphatic heterocycles. The van der Waals surface area contributed by atoms with E-state index in [1.807, 2.05) is 0 Å². The zero-order valence-corrected chi connectivity index (χ0v) is 15.6. The highest BCUT2D eigenvalue weighted by Crippen LogP contribution is 2.22. The summed E-state index contributed by atoms with van der Waals surface area (Å²) in [6, 6.07) is 10.3. The molecule has 27 heavy (non-hydrogen) atoms. The molecule has 0 bridgehead atoms. The zero-order chi connectivity index (χ0) is 20.0. The number of nitro benzene ring substituents is 1. The summed E-state index contributed by atoms with van der Waals surface area (Å²) in [4.78, 5) is 22.5. The minimum absolute atomic E-state index is 0.114. The highest BCUT2D eigenvalue weighted by molar-refractivity contribution is 7.89. The number of rotatable bonds is 7. The maximum absolute atomic E-state index is 12.1.